The molecule has 0 heterocycles. The molecule has 0 aromatic heterocycles. The van der Waals surface area contributed by atoms with Gasteiger partial charge in [-0.25, -0.2) is 8.42 Å². The molecule has 36 heavy (non-hydrogen) atoms. The van der Waals surface area contributed by atoms with Gasteiger partial charge in [0.15, 0.2) is 5.78 Å². The summed E-state index contributed by atoms with van der Waals surface area (Å²) in [6.45, 7) is 8.02. The van der Waals surface area contributed by atoms with Gasteiger partial charge in [0.1, 0.15) is 18.3 Å². The Kier molecular flexibility index (Phi) is 9.26. The van der Waals surface area contributed by atoms with Gasteiger partial charge in [-0.1, -0.05) is 24.3 Å². The van der Waals surface area contributed by atoms with E-state index in [9.17, 15) is 22.8 Å². The second-order valence-electron chi connectivity index (χ2n) is 9.66. The lowest BCUT2D eigenvalue weighted by Crippen LogP contribution is -2.54. The van der Waals surface area contributed by atoms with Gasteiger partial charge in [0.2, 0.25) is 21.8 Å². The van der Waals surface area contributed by atoms with Crippen molar-refractivity contribution in [3.63, 3.8) is 0 Å². The number of carbonyl (C=O) groups excluding carboxylic acids is 3. The third-order valence-electron chi connectivity index (χ3n) is 5.40. The molecule has 0 fully saturated rings. The van der Waals surface area contributed by atoms with Crippen molar-refractivity contribution < 1.29 is 27.5 Å². The summed E-state index contributed by atoms with van der Waals surface area (Å²) in [6, 6.07) is 12.2. The molecule has 2 aromatic rings. The molecule has 0 unspecified atom stereocenters. The minimum absolute atomic E-state index is 0.0760. The van der Waals surface area contributed by atoms with Gasteiger partial charge in [-0.3, -0.25) is 18.7 Å². The van der Waals surface area contributed by atoms with Crippen molar-refractivity contribution in [2.45, 2.75) is 52.7 Å². The number of hydrogen-bond acceptors (Lipinski definition) is 6. The Bertz CT molecular complexity index is 1200. The molecule has 0 aliphatic carbocycles. The highest BCUT2D eigenvalue weighted by molar-refractivity contribution is 7.92. The highest BCUT2D eigenvalue weighted by atomic mass is 32.2. The predicted octanol–water partition coefficient (Wildman–Crippen LogP) is 3.00. The molecule has 2 amide bonds. The molecule has 0 aliphatic heterocycles. The average molecular weight is 518 g/mol. The first-order valence-corrected chi connectivity index (χ1v) is 13.3. The highest BCUT2D eigenvalue weighted by Crippen LogP contribution is 2.21. The quantitative estimate of drug-likeness (QED) is 0.485. The second kappa shape index (κ2) is 11.6. The predicted molar refractivity (Wildman–Crippen MR) is 140 cm³/mol. The zero-order valence-corrected chi connectivity index (χ0v) is 22.7. The average Bonchev–Trinajstić information content (AvgIpc) is 2.79. The van der Waals surface area contributed by atoms with E-state index in [0.29, 0.717) is 11.3 Å². The topological polar surface area (TPSA) is 113 Å². The van der Waals surface area contributed by atoms with Crippen LogP contribution in [0.25, 0.3) is 0 Å². The molecule has 0 aliphatic rings. The van der Waals surface area contributed by atoms with Crippen LogP contribution in [0.15, 0.2) is 48.5 Å². The molecule has 0 bridgehead atoms. The molecule has 0 spiro atoms. The minimum Gasteiger partial charge on any atom is -0.497 e. The fraction of sp³-hybridized carbons (Fsp3) is 0.423. The van der Waals surface area contributed by atoms with Crippen LogP contribution in [-0.2, 0) is 26.2 Å². The number of methoxy groups -OCH3 is 1. The second-order valence-corrected chi connectivity index (χ2v) is 11.6. The van der Waals surface area contributed by atoms with E-state index in [-0.39, 0.29) is 23.9 Å². The molecular formula is C26H35N3O6S. The summed E-state index contributed by atoms with van der Waals surface area (Å²) >= 11 is 0. The first kappa shape index (κ1) is 28.8. The van der Waals surface area contributed by atoms with Crippen molar-refractivity contribution in [2.75, 3.05) is 24.2 Å². The van der Waals surface area contributed by atoms with Gasteiger partial charge < -0.3 is 15.0 Å². The number of carbonyl (C=O) groups is 3. The van der Waals surface area contributed by atoms with Crippen LogP contribution in [-0.4, -0.2) is 62.4 Å². The fourth-order valence-electron chi connectivity index (χ4n) is 3.48. The van der Waals surface area contributed by atoms with E-state index >= 15 is 0 Å². The van der Waals surface area contributed by atoms with Crippen molar-refractivity contribution in [1.29, 1.82) is 0 Å². The Hall–Kier alpha value is -3.40. The van der Waals surface area contributed by atoms with Gasteiger partial charge in [-0.05, 0) is 64.4 Å². The molecule has 0 saturated heterocycles. The number of nitrogens with zero attached hydrogens (tertiary/aromatic N) is 2. The molecule has 0 radical (unpaired) electrons. The maximum Gasteiger partial charge on any atom is 0.244 e. The first-order chi connectivity index (χ1) is 16.6. The zero-order chi connectivity index (χ0) is 27.3. The van der Waals surface area contributed by atoms with E-state index in [2.05, 4.69) is 5.32 Å². The van der Waals surface area contributed by atoms with Crippen molar-refractivity contribution in [3.05, 3.63) is 59.7 Å². The number of nitrogens with one attached hydrogen (secondary N) is 1. The lowest BCUT2D eigenvalue weighted by atomic mass is 10.1. The summed E-state index contributed by atoms with van der Waals surface area (Å²) in [5, 5.41) is 2.87. The Morgan fingerprint density at radius 2 is 1.67 bits per heavy atom. The number of rotatable bonds is 10. The van der Waals surface area contributed by atoms with Crippen molar-refractivity contribution in [1.82, 2.24) is 10.2 Å². The molecular weight excluding hydrogens is 482 g/mol. The summed E-state index contributed by atoms with van der Waals surface area (Å²) in [7, 11) is -2.34. The van der Waals surface area contributed by atoms with Gasteiger partial charge in [0.25, 0.3) is 0 Å². The van der Waals surface area contributed by atoms with Crippen LogP contribution in [0.1, 0.15) is 50.5 Å². The van der Waals surface area contributed by atoms with E-state index in [1.165, 1.54) is 24.0 Å². The number of amides is 2. The highest BCUT2D eigenvalue weighted by Gasteiger charge is 2.31. The Balaban J connectivity index is 2.44. The third kappa shape index (κ3) is 8.08. The molecule has 10 heteroatoms. The molecule has 9 nitrogen and oxygen atoms in total. The lowest BCUT2D eigenvalue weighted by Gasteiger charge is -2.33. The van der Waals surface area contributed by atoms with E-state index in [1.807, 2.05) is 20.8 Å². The zero-order valence-electron chi connectivity index (χ0n) is 21.9. The van der Waals surface area contributed by atoms with Crippen molar-refractivity contribution >= 4 is 33.3 Å². The largest absolute Gasteiger partial charge is 0.497 e. The molecule has 1 N–H and O–H groups in total. The maximum atomic E-state index is 13.6. The lowest BCUT2D eigenvalue weighted by molar-refractivity contribution is -0.140. The van der Waals surface area contributed by atoms with Gasteiger partial charge in [0, 0.05) is 17.6 Å². The van der Waals surface area contributed by atoms with Gasteiger partial charge in [-0.2, -0.15) is 0 Å². The van der Waals surface area contributed by atoms with Gasteiger partial charge in [0.05, 0.1) is 19.1 Å². The standard InChI is InChI=1S/C26H35N3O6S/c1-18(25(32)27-26(3,4)5)28(16-20-11-13-23(35-6)14-12-20)24(31)17-29(36(7,33)34)22-10-8-9-21(15-22)19(2)30/h8-15,18H,16-17H2,1-7H3,(H,27,32)/t18-/m0/s1. The first-order valence-electron chi connectivity index (χ1n) is 11.5. The van der Waals surface area contributed by atoms with E-state index in [1.54, 1.807) is 50.4 Å². The summed E-state index contributed by atoms with van der Waals surface area (Å²) in [5.74, 6) is -0.524. The van der Waals surface area contributed by atoms with Crippen molar-refractivity contribution in [2.24, 2.45) is 0 Å². The monoisotopic (exact) mass is 517 g/mol. The number of Topliss-reactive ketones (excluding diaryl/α,β-unsaturated/α-hetero) is 1. The van der Waals surface area contributed by atoms with Crippen LogP contribution in [0.3, 0.4) is 0 Å². The van der Waals surface area contributed by atoms with Crippen molar-refractivity contribution in [3.8, 4) is 5.75 Å². The number of ether oxygens (including phenoxy) is 1. The summed E-state index contributed by atoms with van der Waals surface area (Å²) in [6.07, 6.45) is 0.990. The van der Waals surface area contributed by atoms with Crippen LogP contribution >= 0.6 is 0 Å². The maximum absolute atomic E-state index is 13.6. The number of hydrogen-bond donors (Lipinski definition) is 1. The molecule has 1 atom stereocenters. The normalized spacial score (nSPS) is 12.4. The summed E-state index contributed by atoms with van der Waals surface area (Å²) in [5.41, 5.74) is 0.729. The van der Waals surface area contributed by atoms with Crippen LogP contribution in [0.2, 0.25) is 0 Å². The van der Waals surface area contributed by atoms with Gasteiger partial charge >= 0.3 is 0 Å². The Morgan fingerprint density at radius 1 is 1.06 bits per heavy atom. The van der Waals surface area contributed by atoms with Gasteiger partial charge in [-0.15, -0.1) is 0 Å². The number of anilines is 1. The molecule has 0 saturated carbocycles. The summed E-state index contributed by atoms with van der Waals surface area (Å²) in [4.78, 5) is 39.7. The van der Waals surface area contributed by atoms with E-state index in [0.717, 1.165) is 16.1 Å². The molecule has 2 aromatic carbocycles. The summed E-state index contributed by atoms with van der Waals surface area (Å²) < 4.78 is 31.5. The minimum atomic E-state index is -3.89. The van der Waals surface area contributed by atoms with E-state index in [4.69, 9.17) is 4.74 Å². The van der Waals surface area contributed by atoms with Crippen LogP contribution in [0, 0.1) is 0 Å². The smallest absolute Gasteiger partial charge is 0.244 e. The van der Waals surface area contributed by atoms with Crippen LogP contribution in [0.4, 0.5) is 5.69 Å². The molecule has 2 rings (SSSR count). The number of benzene rings is 2. The van der Waals surface area contributed by atoms with E-state index < -0.39 is 34.1 Å². The Labute approximate surface area is 213 Å². The SMILES string of the molecule is COc1ccc(CN(C(=O)CN(c2cccc(C(C)=O)c2)S(C)(=O)=O)[C@@H](C)C(=O)NC(C)(C)C)cc1. The fourth-order valence-corrected chi connectivity index (χ4v) is 4.32. The Morgan fingerprint density at radius 3 is 2.17 bits per heavy atom. The number of ketones is 1. The molecule has 196 valence electrons. The van der Waals surface area contributed by atoms with Crippen LogP contribution < -0.4 is 14.4 Å². The third-order valence-corrected chi connectivity index (χ3v) is 6.54. The van der Waals surface area contributed by atoms with Crippen LogP contribution in [0.5, 0.6) is 5.75 Å². The number of sulfonamides is 1.